The van der Waals surface area contributed by atoms with E-state index in [2.05, 4.69) is 57.8 Å². The standard InChI is InChI=1S/C28H30BrCl2N9O8/c29-12-1-2-15-13(4-12)11(7-33-15)3-16-24(44)34-8-19(37-22(43)10-36-25(45)17-5-14(30)23(31)38-17)27(47)39-18(6-21(32)42)26(46)35-9-20(41)28(48)40-16/h1-2,4-5,7,16,18-20,33,38,41H,3,6,8-10H2,(H2,32,42)(H,34,44)(H,35,46)(H,36,45)(H,37,43)(H,39,47)(H,40,48)/t16-,18+,19-,20+/m0/s1. The third kappa shape index (κ3) is 9.46. The van der Waals surface area contributed by atoms with E-state index in [9.17, 15) is 38.7 Å². The fourth-order valence-corrected chi connectivity index (χ4v) is 5.35. The van der Waals surface area contributed by atoms with Gasteiger partial charge in [0, 0.05) is 34.5 Å². The van der Waals surface area contributed by atoms with Gasteiger partial charge in [-0.1, -0.05) is 39.1 Å². The number of aromatic amines is 2. The highest BCUT2D eigenvalue weighted by atomic mass is 79.9. The lowest BCUT2D eigenvalue weighted by atomic mass is 10.0. The van der Waals surface area contributed by atoms with Crippen molar-refractivity contribution in [1.29, 1.82) is 0 Å². The van der Waals surface area contributed by atoms with E-state index in [1.165, 1.54) is 6.07 Å². The number of primary amides is 1. The number of halogens is 3. The van der Waals surface area contributed by atoms with Gasteiger partial charge in [0.25, 0.3) is 11.8 Å². The molecular formula is C28H30BrCl2N9O8. The summed E-state index contributed by atoms with van der Waals surface area (Å²) in [7, 11) is 0. The van der Waals surface area contributed by atoms with Gasteiger partial charge in [-0.05, 0) is 29.8 Å². The number of β-amino-alcohol motifs (C(OH)–C–C–N with tert-alkyl or cyclic N) is 1. The van der Waals surface area contributed by atoms with Gasteiger partial charge in [0.2, 0.25) is 29.5 Å². The lowest BCUT2D eigenvalue weighted by molar-refractivity contribution is -0.136. The first kappa shape index (κ1) is 36.2. The van der Waals surface area contributed by atoms with Crippen LogP contribution < -0.4 is 37.6 Å². The number of amides is 7. The minimum atomic E-state index is -1.81. The summed E-state index contributed by atoms with van der Waals surface area (Å²) >= 11 is 15.1. The summed E-state index contributed by atoms with van der Waals surface area (Å²) in [5.41, 5.74) is 6.59. The number of rotatable bonds is 8. The highest BCUT2D eigenvalue weighted by Gasteiger charge is 2.32. The molecular weight excluding hydrogens is 741 g/mol. The zero-order chi connectivity index (χ0) is 35.1. The molecule has 4 atom stereocenters. The molecule has 1 saturated heterocycles. The molecule has 4 rings (SSSR count). The minimum Gasteiger partial charge on any atom is -0.381 e. The Kier molecular flexibility index (Phi) is 12.0. The molecule has 1 fully saturated rings. The smallest absolute Gasteiger partial charge is 0.268 e. The van der Waals surface area contributed by atoms with Crippen LogP contribution in [0.3, 0.4) is 0 Å². The molecule has 1 aromatic carbocycles. The number of aliphatic hydroxyl groups excluding tert-OH is 1. The van der Waals surface area contributed by atoms with E-state index in [-0.39, 0.29) is 22.3 Å². The van der Waals surface area contributed by atoms with Crippen LogP contribution >= 0.6 is 39.1 Å². The fourth-order valence-electron chi connectivity index (χ4n) is 4.68. The number of H-pyrrole nitrogens is 2. The fraction of sp³-hybridized carbons (Fsp3) is 0.321. The highest BCUT2D eigenvalue weighted by molar-refractivity contribution is 9.10. The van der Waals surface area contributed by atoms with E-state index in [0.717, 1.165) is 15.4 Å². The van der Waals surface area contributed by atoms with Gasteiger partial charge in [-0.25, -0.2) is 0 Å². The molecule has 0 unspecified atom stereocenters. The number of nitrogens with one attached hydrogen (secondary N) is 8. The number of aliphatic hydroxyl groups is 1. The number of carbonyl (C=O) groups excluding carboxylic acids is 7. The molecule has 11 N–H and O–H groups in total. The molecule has 3 heterocycles. The van der Waals surface area contributed by atoms with Crippen molar-refractivity contribution in [2.24, 2.45) is 5.73 Å². The molecule has 1 aliphatic heterocycles. The molecule has 0 bridgehead atoms. The summed E-state index contributed by atoms with van der Waals surface area (Å²) in [6.45, 7) is -1.84. The Bertz CT molecular complexity index is 1740. The van der Waals surface area contributed by atoms with Crippen LogP contribution in [0.25, 0.3) is 10.9 Å². The number of benzene rings is 1. The molecule has 48 heavy (non-hydrogen) atoms. The molecule has 17 nitrogen and oxygen atoms in total. The van der Waals surface area contributed by atoms with Crippen LogP contribution in [0.4, 0.5) is 0 Å². The Morgan fingerprint density at radius 3 is 2.33 bits per heavy atom. The van der Waals surface area contributed by atoms with Gasteiger partial charge in [-0.3, -0.25) is 33.6 Å². The Balaban J connectivity index is 1.56. The number of nitrogens with two attached hydrogens (primary N) is 1. The van der Waals surface area contributed by atoms with Gasteiger partial charge in [-0.2, -0.15) is 0 Å². The molecule has 20 heteroatoms. The summed E-state index contributed by atoms with van der Waals surface area (Å²) < 4.78 is 0.762. The van der Waals surface area contributed by atoms with Gasteiger partial charge < -0.3 is 52.7 Å². The van der Waals surface area contributed by atoms with Gasteiger partial charge in [0.15, 0.2) is 0 Å². The summed E-state index contributed by atoms with van der Waals surface area (Å²) in [6.07, 6.45) is -0.894. The zero-order valence-corrected chi connectivity index (χ0v) is 27.8. The normalized spacial score (nSPS) is 20.9. The van der Waals surface area contributed by atoms with Crippen molar-refractivity contribution < 1.29 is 38.7 Å². The van der Waals surface area contributed by atoms with Crippen LogP contribution in [0, 0.1) is 0 Å². The molecule has 2 aromatic heterocycles. The Morgan fingerprint density at radius 2 is 1.65 bits per heavy atom. The SMILES string of the molecule is NC(=O)C[C@H]1NC(=O)[C@@H](NC(=O)CNC(=O)c2cc(Cl)c(Cl)[nH]2)CNC(=O)[C@H](Cc2c[nH]c3ccc(Br)cc23)NC(=O)[C@H](O)CNC1=O. The summed E-state index contributed by atoms with van der Waals surface area (Å²) in [6, 6.07) is 2.26. The number of hydrogen-bond donors (Lipinski definition) is 10. The van der Waals surface area contributed by atoms with Crippen molar-refractivity contribution in [3.05, 3.63) is 56.4 Å². The van der Waals surface area contributed by atoms with Crippen LogP contribution in [0.2, 0.25) is 10.2 Å². The quantitative estimate of drug-likeness (QED) is 0.128. The van der Waals surface area contributed by atoms with Crippen molar-refractivity contribution >= 4 is 91.4 Å². The molecule has 256 valence electrons. The van der Waals surface area contributed by atoms with Crippen LogP contribution in [-0.4, -0.2) is 100 Å². The zero-order valence-electron chi connectivity index (χ0n) is 24.7. The monoisotopic (exact) mass is 769 g/mol. The van der Waals surface area contributed by atoms with E-state index in [1.807, 2.05) is 18.2 Å². The first-order valence-corrected chi connectivity index (χ1v) is 15.8. The average Bonchev–Trinajstić information content (AvgIpc) is 3.59. The molecule has 0 aliphatic carbocycles. The Hall–Kier alpha value is -4.65. The molecule has 7 amide bonds. The van der Waals surface area contributed by atoms with Crippen LogP contribution in [0.15, 0.2) is 34.9 Å². The maximum Gasteiger partial charge on any atom is 0.268 e. The molecule has 3 aromatic rings. The van der Waals surface area contributed by atoms with Crippen molar-refractivity contribution in [1.82, 2.24) is 41.9 Å². The average molecular weight is 771 g/mol. The van der Waals surface area contributed by atoms with Crippen LogP contribution in [0.1, 0.15) is 22.5 Å². The third-order valence-corrected chi connectivity index (χ3v) is 8.29. The topological polar surface area (TPSA) is 269 Å². The maximum atomic E-state index is 13.5. The van der Waals surface area contributed by atoms with Crippen molar-refractivity contribution in [2.75, 3.05) is 19.6 Å². The largest absolute Gasteiger partial charge is 0.381 e. The Labute approximate surface area is 289 Å². The summed E-state index contributed by atoms with van der Waals surface area (Å²) in [5, 5.41) is 25.5. The Morgan fingerprint density at radius 1 is 0.958 bits per heavy atom. The van der Waals surface area contributed by atoms with Crippen molar-refractivity contribution in [3.8, 4) is 0 Å². The van der Waals surface area contributed by atoms with Gasteiger partial charge >= 0.3 is 0 Å². The second kappa shape index (κ2) is 16.0. The second-order valence-electron chi connectivity index (χ2n) is 10.7. The van der Waals surface area contributed by atoms with E-state index in [4.69, 9.17) is 28.9 Å². The van der Waals surface area contributed by atoms with E-state index in [0.29, 0.717) is 5.56 Å². The number of aromatic nitrogens is 2. The molecule has 0 spiro atoms. The second-order valence-corrected chi connectivity index (χ2v) is 12.4. The summed E-state index contributed by atoms with van der Waals surface area (Å²) in [5.74, 6) is -6.33. The van der Waals surface area contributed by atoms with Gasteiger partial charge in [-0.15, -0.1) is 0 Å². The van der Waals surface area contributed by atoms with Crippen LogP contribution in [0.5, 0.6) is 0 Å². The minimum absolute atomic E-state index is 0.00882. The first-order valence-electron chi connectivity index (χ1n) is 14.2. The number of carbonyl (C=O) groups is 7. The van der Waals surface area contributed by atoms with Crippen molar-refractivity contribution in [2.45, 2.75) is 37.1 Å². The van der Waals surface area contributed by atoms with Gasteiger partial charge in [0.05, 0.1) is 24.5 Å². The molecule has 0 radical (unpaired) electrons. The number of hydrogen-bond acceptors (Lipinski definition) is 8. The van der Waals surface area contributed by atoms with E-state index in [1.54, 1.807) is 6.20 Å². The third-order valence-electron chi connectivity index (χ3n) is 7.11. The summed E-state index contributed by atoms with van der Waals surface area (Å²) in [4.78, 5) is 95.1. The van der Waals surface area contributed by atoms with E-state index >= 15 is 0 Å². The van der Waals surface area contributed by atoms with Crippen LogP contribution in [-0.2, 0) is 35.2 Å². The predicted molar refractivity (Wildman–Crippen MR) is 174 cm³/mol. The number of fused-ring (bicyclic) bond motifs is 1. The molecule has 0 saturated carbocycles. The predicted octanol–water partition coefficient (Wildman–Crippen LogP) is -1.53. The first-order chi connectivity index (χ1) is 22.7. The van der Waals surface area contributed by atoms with Gasteiger partial charge in [0.1, 0.15) is 35.1 Å². The lowest BCUT2D eigenvalue weighted by Gasteiger charge is -2.26. The maximum absolute atomic E-state index is 13.5. The van der Waals surface area contributed by atoms with Crippen molar-refractivity contribution in [3.63, 3.8) is 0 Å². The highest BCUT2D eigenvalue weighted by Crippen LogP contribution is 2.24. The lowest BCUT2D eigenvalue weighted by Crippen LogP contribution is -2.61. The van der Waals surface area contributed by atoms with E-state index < -0.39 is 91.6 Å². The molecule has 1 aliphatic rings.